The van der Waals surface area contributed by atoms with Gasteiger partial charge in [0.1, 0.15) is 4.90 Å². The van der Waals surface area contributed by atoms with Crippen molar-refractivity contribution in [3.05, 3.63) is 23.3 Å². The number of hydrogen-bond acceptors (Lipinski definition) is 3. The van der Waals surface area contributed by atoms with Gasteiger partial charge in [-0.25, -0.2) is 13.1 Å². The van der Waals surface area contributed by atoms with Gasteiger partial charge in [-0.2, -0.15) is 0 Å². The van der Waals surface area contributed by atoms with Gasteiger partial charge >= 0.3 is 0 Å². The fourth-order valence-corrected chi connectivity index (χ4v) is 4.64. The summed E-state index contributed by atoms with van der Waals surface area (Å²) in [4.78, 5) is 0.239. The number of hydrogen-bond donors (Lipinski definition) is 2. The van der Waals surface area contributed by atoms with Crippen molar-refractivity contribution in [2.24, 2.45) is 5.92 Å². The summed E-state index contributed by atoms with van der Waals surface area (Å²) in [6, 6.07) is 3.51. The summed E-state index contributed by atoms with van der Waals surface area (Å²) in [6.07, 6.45) is 7.28. The van der Waals surface area contributed by atoms with Gasteiger partial charge in [0.25, 0.3) is 0 Å². The van der Waals surface area contributed by atoms with E-state index in [1.54, 1.807) is 13.0 Å². The average Bonchev–Trinajstić information content (AvgIpc) is 2.92. The van der Waals surface area contributed by atoms with Crippen molar-refractivity contribution in [3.8, 4) is 0 Å². The SMILES string of the molecule is Cc1ccc(N)c(S(=O)(=O)NCCCC2CCCC2)c1C. The number of nitrogen functional groups attached to an aromatic ring is 1. The lowest BCUT2D eigenvalue weighted by atomic mass is 10.0. The highest BCUT2D eigenvalue weighted by Gasteiger charge is 2.21. The van der Waals surface area contributed by atoms with Crippen LogP contribution in [0.4, 0.5) is 5.69 Å². The second-order valence-corrected chi connectivity index (χ2v) is 7.82. The van der Waals surface area contributed by atoms with E-state index in [0.29, 0.717) is 12.2 Å². The first-order valence-corrected chi connectivity index (χ1v) is 9.25. The number of nitrogens with two attached hydrogens (primary N) is 1. The lowest BCUT2D eigenvalue weighted by Crippen LogP contribution is -2.27. The maximum atomic E-state index is 12.4. The van der Waals surface area contributed by atoms with Gasteiger partial charge < -0.3 is 5.73 Å². The number of sulfonamides is 1. The van der Waals surface area contributed by atoms with E-state index in [-0.39, 0.29) is 4.90 Å². The van der Waals surface area contributed by atoms with E-state index in [0.717, 1.165) is 29.9 Å². The molecule has 1 saturated carbocycles. The lowest BCUT2D eigenvalue weighted by molar-refractivity contribution is 0.480. The zero-order valence-electron chi connectivity index (χ0n) is 13.0. The van der Waals surface area contributed by atoms with Crippen LogP contribution in [0.3, 0.4) is 0 Å². The molecule has 2 rings (SSSR count). The van der Waals surface area contributed by atoms with Crippen LogP contribution in [0.1, 0.15) is 49.7 Å². The maximum absolute atomic E-state index is 12.4. The highest BCUT2D eigenvalue weighted by atomic mass is 32.2. The molecule has 0 unspecified atom stereocenters. The fourth-order valence-electron chi connectivity index (χ4n) is 3.14. The molecule has 0 bridgehead atoms. The van der Waals surface area contributed by atoms with Crippen LogP contribution in [0.25, 0.3) is 0 Å². The molecule has 5 heteroatoms. The van der Waals surface area contributed by atoms with Crippen molar-refractivity contribution in [2.45, 2.75) is 57.3 Å². The summed E-state index contributed by atoms with van der Waals surface area (Å²) >= 11 is 0. The van der Waals surface area contributed by atoms with Crippen molar-refractivity contribution >= 4 is 15.7 Å². The number of nitrogens with one attached hydrogen (secondary N) is 1. The predicted molar refractivity (Wildman–Crippen MR) is 86.7 cm³/mol. The summed E-state index contributed by atoms with van der Waals surface area (Å²) in [6.45, 7) is 4.19. The van der Waals surface area contributed by atoms with Gasteiger partial charge in [-0.15, -0.1) is 0 Å². The fraction of sp³-hybridized carbons (Fsp3) is 0.625. The van der Waals surface area contributed by atoms with Crippen molar-refractivity contribution in [1.82, 2.24) is 4.72 Å². The summed E-state index contributed by atoms with van der Waals surface area (Å²) in [5.41, 5.74) is 7.86. The van der Waals surface area contributed by atoms with Crippen LogP contribution in [0.2, 0.25) is 0 Å². The van der Waals surface area contributed by atoms with Crippen LogP contribution in [0.5, 0.6) is 0 Å². The summed E-state index contributed by atoms with van der Waals surface area (Å²) in [5.74, 6) is 0.792. The van der Waals surface area contributed by atoms with Gasteiger partial charge in [0.05, 0.1) is 5.69 Å². The zero-order valence-corrected chi connectivity index (χ0v) is 13.8. The van der Waals surface area contributed by atoms with E-state index in [4.69, 9.17) is 5.73 Å². The molecule has 1 aliphatic carbocycles. The molecule has 0 aliphatic heterocycles. The third-order valence-corrected chi connectivity index (χ3v) is 6.20. The first-order chi connectivity index (χ1) is 9.92. The minimum atomic E-state index is -3.51. The average molecular weight is 310 g/mol. The van der Waals surface area contributed by atoms with Crippen molar-refractivity contribution in [2.75, 3.05) is 12.3 Å². The van der Waals surface area contributed by atoms with Crippen molar-refractivity contribution < 1.29 is 8.42 Å². The van der Waals surface area contributed by atoms with E-state index in [1.807, 2.05) is 13.0 Å². The molecule has 3 N–H and O–H groups in total. The van der Waals surface area contributed by atoms with E-state index >= 15 is 0 Å². The number of rotatable bonds is 6. The van der Waals surface area contributed by atoms with Gasteiger partial charge in [-0.1, -0.05) is 31.7 Å². The Balaban J connectivity index is 1.97. The Kier molecular flexibility index (Phi) is 5.27. The Hall–Kier alpha value is -1.07. The molecule has 0 spiro atoms. The van der Waals surface area contributed by atoms with E-state index in [1.165, 1.54) is 25.7 Å². The van der Waals surface area contributed by atoms with Crippen molar-refractivity contribution in [3.63, 3.8) is 0 Å². The van der Waals surface area contributed by atoms with Crippen molar-refractivity contribution in [1.29, 1.82) is 0 Å². The molecular formula is C16H26N2O2S. The first kappa shape index (κ1) is 16.3. The van der Waals surface area contributed by atoms with Crippen LogP contribution in [0.15, 0.2) is 17.0 Å². The molecule has 0 saturated heterocycles. The third kappa shape index (κ3) is 3.98. The molecule has 1 aromatic carbocycles. The highest BCUT2D eigenvalue weighted by Crippen LogP contribution is 2.28. The Bertz CT molecular complexity index is 591. The summed E-state index contributed by atoms with van der Waals surface area (Å²) in [5, 5.41) is 0. The predicted octanol–water partition coefficient (Wildman–Crippen LogP) is 3.13. The summed E-state index contributed by atoms with van der Waals surface area (Å²) in [7, 11) is -3.51. The summed E-state index contributed by atoms with van der Waals surface area (Å²) < 4.78 is 27.6. The Labute approximate surface area is 128 Å². The molecule has 0 atom stereocenters. The minimum absolute atomic E-state index is 0.239. The first-order valence-electron chi connectivity index (χ1n) is 7.77. The van der Waals surface area contributed by atoms with Crippen LogP contribution in [-0.2, 0) is 10.0 Å². The molecule has 0 amide bonds. The minimum Gasteiger partial charge on any atom is -0.398 e. The van der Waals surface area contributed by atoms with Crippen LogP contribution in [-0.4, -0.2) is 15.0 Å². The number of anilines is 1. The van der Waals surface area contributed by atoms with E-state index < -0.39 is 10.0 Å². The molecule has 21 heavy (non-hydrogen) atoms. The number of benzene rings is 1. The quantitative estimate of drug-likeness (QED) is 0.626. The van der Waals surface area contributed by atoms with Gasteiger partial charge in [0.2, 0.25) is 10.0 Å². The van der Waals surface area contributed by atoms with Crippen LogP contribution in [0, 0.1) is 19.8 Å². The monoisotopic (exact) mass is 310 g/mol. The standard InChI is InChI=1S/C16H26N2O2S/c1-12-9-10-15(17)16(13(12)2)21(19,20)18-11-5-8-14-6-3-4-7-14/h9-10,14,18H,3-8,11,17H2,1-2H3. The van der Waals surface area contributed by atoms with E-state index in [2.05, 4.69) is 4.72 Å². The van der Waals surface area contributed by atoms with E-state index in [9.17, 15) is 8.42 Å². The molecule has 0 radical (unpaired) electrons. The Morgan fingerprint density at radius 2 is 1.90 bits per heavy atom. The largest absolute Gasteiger partial charge is 0.398 e. The van der Waals surface area contributed by atoms with Gasteiger partial charge in [0, 0.05) is 6.54 Å². The molecule has 0 heterocycles. The molecule has 4 nitrogen and oxygen atoms in total. The third-order valence-electron chi connectivity index (χ3n) is 4.53. The zero-order chi connectivity index (χ0) is 15.5. The normalized spacial score (nSPS) is 16.5. The number of aryl methyl sites for hydroxylation is 1. The Morgan fingerprint density at radius 1 is 1.24 bits per heavy atom. The van der Waals surface area contributed by atoms with Gasteiger partial charge in [0.15, 0.2) is 0 Å². The topological polar surface area (TPSA) is 72.2 Å². The maximum Gasteiger partial charge on any atom is 0.242 e. The second-order valence-electron chi connectivity index (χ2n) is 6.12. The highest BCUT2D eigenvalue weighted by molar-refractivity contribution is 7.89. The van der Waals surface area contributed by atoms with Crippen LogP contribution < -0.4 is 10.5 Å². The van der Waals surface area contributed by atoms with Gasteiger partial charge in [-0.3, -0.25) is 0 Å². The molecule has 1 fully saturated rings. The Morgan fingerprint density at radius 3 is 2.57 bits per heavy atom. The molecule has 0 aromatic heterocycles. The smallest absolute Gasteiger partial charge is 0.242 e. The molecule has 118 valence electrons. The van der Waals surface area contributed by atoms with Gasteiger partial charge in [-0.05, 0) is 49.8 Å². The molecule has 1 aliphatic rings. The lowest BCUT2D eigenvalue weighted by Gasteiger charge is -2.14. The van der Waals surface area contributed by atoms with Crippen LogP contribution >= 0.6 is 0 Å². The molecule has 1 aromatic rings. The molecular weight excluding hydrogens is 284 g/mol. The second kappa shape index (κ2) is 6.79.